The van der Waals surface area contributed by atoms with Gasteiger partial charge in [0, 0.05) is 42.0 Å². The Morgan fingerprint density at radius 1 is 0.795 bits per heavy atom. The summed E-state index contributed by atoms with van der Waals surface area (Å²) in [6, 6.07) is 27.0. The summed E-state index contributed by atoms with van der Waals surface area (Å²) in [6.07, 6.45) is 1.83. The molecule has 4 aromatic carbocycles. The van der Waals surface area contributed by atoms with Gasteiger partial charge in [0.05, 0.1) is 16.8 Å². The molecule has 7 heteroatoms. The summed E-state index contributed by atoms with van der Waals surface area (Å²) in [6.45, 7) is 0. The lowest BCUT2D eigenvalue weighted by Crippen LogP contribution is -2.22. The van der Waals surface area contributed by atoms with Crippen LogP contribution in [0.3, 0.4) is 0 Å². The van der Waals surface area contributed by atoms with E-state index in [0.29, 0.717) is 44.8 Å². The number of hydrogen-bond donors (Lipinski definition) is 2. The normalized spacial score (nSPS) is 12.7. The van der Waals surface area contributed by atoms with E-state index in [1.54, 1.807) is 60.7 Å². The number of ketones is 2. The van der Waals surface area contributed by atoms with E-state index in [-0.39, 0.29) is 23.0 Å². The standard InChI is InChI=1S/C32H24N4O3/c1-36(2)21-14-12-19(13-15-21)18-26(34-32(39)20-8-4-3-5-9-20)31-33-25-17-16-24-27(28(25)35-31)30(38)23-11-7-6-10-22(23)29(24)37/h3-18H,1-2H3,(H,33,35)(H,34,39)/b26-18+. The lowest BCUT2D eigenvalue weighted by molar-refractivity contribution is 0.0972. The van der Waals surface area contributed by atoms with Crippen LogP contribution in [0.1, 0.15) is 53.6 Å². The van der Waals surface area contributed by atoms with Crippen molar-refractivity contribution in [1.82, 2.24) is 15.3 Å². The van der Waals surface area contributed by atoms with E-state index < -0.39 is 0 Å². The third-order valence-corrected chi connectivity index (χ3v) is 6.80. The minimum Gasteiger partial charge on any atom is -0.378 e. The van der Waals surface area contributed by atoms with Gasteiger partial charge < -0.3 is 15.2 Å². The molecule has 0 bridgehead atoms. The summed E-state index contributed by atoms with van der Waals surface area (Å²) in [7, 11) is 3.94. The fraction of sp³-hybridized carbons (Fsp3) is 0.0625. The third kappa shape index (κ3) is 4.30. The van der Waals surface area contributed by atoms with E-state index in [9.17, 15) is 14.4 Å². The van der Waals surface area contributed by atoms with Crippen LogP contribution in [0.4, 0.5) is 5.69 Å². The number of amides is 1. The molecule has 5 aromatic rings. The van der Waals surface area contributed by atoms with E-state index in [1.807, 2.05) is 55.4 Å². The number of nitrogens with zero attached hydrogens (tertiary/aromatic N) is 2. The molecule has 0 spiro atoms. The van der Waals surface area contributed by atoms with Crippen molar-refractivity contribution in [3.05, 3.63) is 130 Å². The average Bonchev–Trinajstić information content (AvgIpc) is 3.40. The predicted octanol–water partition coefficient (Wildman–Crippen LogP) is 5.33. The lowest BCUT2D eigenvalue weighted by atomic mass is 9.83. The van der Waals surface area contributed by atoms with E-state index in [1.165, 1.54) is 0 Å². The molecule has 0 unspecified atom stereocenters. The molecule has 2 N–H and O–H groups in total. The summed E-state index contributed by atoms with van der Waals surface area (Å²) in [5, 5.41) is 2.98. The average molecular weight is 513 g/mol. The Hall–Kier alpha value is -5.30. The highest BCUT2D eigenvalue weighted by Crippen LogP contribution is 2.32. The number of fused-ring (bicyclic) bond motifs is 4. The van der Waals surface area contributed by atoms with Crippen molar-refractivity contribution in [2.45, 2.75) is 0 Å². The molecule has 1 heterocycles. The van der Waals surface area contributed by atoms with Crippen LogP contribution in [0.5, 0.6) is 0 Å². The van der Waals surface area contributed by atoms with Crippen LogP contribution < -0.4 is 10.2 Å². The lowest BCUT2D eigenvalue weighted by Gasteiger charge is -2.17. The van der Waals surface area contributed by atoms with Crippen LogP contribution in [0.25, 0.3) is 22.8 Å². The Morgan fingerprint density at radius 3 is 2.15 bits per heavy atom. The molecule has 7 nitrogen and oxygen atoms in total. The molecule has 0 radical (unpaired) electrons. The van der Waals surface area contributed by atoms with Crippen LogP contribution in [0.2, 0.25) is 0 Å². The van der Waals surface area contributed by atoms with Crippen LogP contribution in [0, 0.1) is 0 Å². The Labute approximate surface area is 224 Å². The second-order valence-electron chi connectivity index (χ2n) is 9.54. The molecular weight excluding hydrogens is 488 g/mol. The van der Waals surface area contributed by atoms with E-state index in [2.05, 4.69) is 10.3 Å². The van der Waals surface area contributed by atoms with Crippen molar-refractivity contribution in [3.63, 3.8) is 0 Å². The topological polar surface area (TPSA) is 95.2 Å². The van der Waals surface area contributed by atoms with Crippen molar-refractivity contribution < 1.29 is 14.4 Å². The first-order valence-electron chi connectivity index (χ1n) is 12.5. The summed E-state index contributed by atoms with van der Waals surface area (Å²) in [5.74, 6) is -0.379. The fourth-order valence-corrected chi connectivity index (χ4v) is 4.76. The van der Waals surface area contributed by atoms with Gasteiger partial charge in [0.25, 0.3) is 5.91 Å². The first-order valence-corrected chi connectivity index (χ1v) is 12.5. The van der Waals surface area contributed by atoms with Gasteiger partial charge in [-0.05, 0) is 48.0 Å². The van der Waals surface area contributed by atoms with Gasteiger partial charge in [0.2, 0.25) is 0 Å². The molecule has 0 saturated heterocycles. The second kappa shape index (κ2) is 9.54. The van der Waals surface area contributed by atoms with Crippen LogP contribution in [-0.2, 0) is 0 Å². The minimum absolute atomic E-state index is 0.208. The highest BCUT2D eigenvalue weighted by atomic mass is 16.2. The van der Waals surface area contributed by atoms with Gasteiger partial charge in [-0.1, -0.05) is 54.6 Å². The number of aromatic amines is 1. The Kier molecular flexibility index (Phi) is 5.88. The molecule has 1 aliphatic rings. The maximum Gasteiger partial charge on any atom is 0.255 e. The molecule has 1 aliphatic carbocycles. The second-order valence-corrected chi connectivity index (χ2v) is 9.54. The maximum atomic E-state index is 13.5. The molecule has 6 rings (SSSR count). The highest BCUT2D eigenvalue weighted by Gasteiger charge is 2.32. The van der Waals surface area contributed by atoms with Crippen molar-refractivity contribution in [1.29, 1.82) is 0 Å². The fourth-order valence-electron chi connectivity index (χ4n) is 4.76. The number of nitrogens with one attached hydrogen (secondary N) is 2. The Bertz CT molecular complexity index is 1800. The summed E-state index contributed by atoms with van der Waals surface area (Å²) in [4.78, 5) is 49.8. The zero-order valence-electron chi connectivity index (χ0n) is 21.4. The summed E-state index contributed by atoms with van der Waals surface area (Å²) < 4.78 is 0. The van der Waals surface area contributed by atoms with Gasteiger partial charge in [-0.2, -0.15) is 0 Å². The number of anilines is 1. The van der Waals surface area contributed by atoms with Crippen LogP contribution in [0.15, 0.2) is 91.0 Å². The van der Waals surface area contributed by atoms with Crippen molar-refractivity contribution in [2.75, 3.05) is 19.0 Å². The van der Waals surface area contributed by atoms with Gasteiger partial charge in [-0.25, -0.2) is 4.98 Å². The van der Waals surface area contributed by atoms with Crippen LogP contribution in [-0.4, -0.2) is 41.5 Å². The first kappa shape index (κ1) is 24.1. The molecule has 190 valence electrons. The van der Waals surface area contributed by atoms with Gasteiger partial charge in [-0.15, -0.1) is 0 Å². The third-order valence-electron chi connectivity index (χ3n) is 6.80. The van der Waals surface area contributed by atoms with Crippen molar-refractivity contribution in [2.24, 2.45) is 0 Å². The number of H-pyrrole nitrogens is 1. The Balaban J connectivity index is 1.47. The van der Waals surface area contributed by atoms with Crippen molar-refractivity contribution >= 4 is 46.0 Å². The molecule has 0 fully saturated rings. The summed E-state index contributed by atoms with van der Waals surface area (Å²) >= 11 is 0. The number of rotatable bonds is 5. The van der Waals surface area contributed by atoms with E-state index in [0.717, 1.165) is 11.3 Å². The number of carbonyl (C=O) groups is 3. The van der Waals surface area contributed by atoms with Gasteiger partial charge in [-0.3, -0.25) is 14.4 Å². The number of aromatic nitrogens is 2. The number of imidazole rings is 1. The molecule has 0 saturated carbocycles. The van der Waals surface area contributed by atoms with Crippen LogP contribution >= 0.6 is 0 Å². The number of hydrogen-bond acceptors (Lipinski definition) is 5. The summed E-state index contributed by atoms with van der Waals surface area (Å²) in [5.41, 5.74) is 5.14. The van der Waals surface area contributed by atoms with Gasteiger partial charge >= 0.3 is 0 Å². The number of carbonyl (C=O) groups excluding carboxylic acids is 3. The van der Waals surface area contributed by atoms with E-state index >= 15 is 0 Å². The Morgan fingerprint density at radius 2 is 1.46 bits per heavy atom. The zero-order chi connectivity index (χ0) is 27.1. The number of benzene rings is 4. The van der Waals surface area contributed by atoms with Gasteiger partial charge in [0.1, 0.15) is 5.52 Å². The zero-order valence-corrected chi connectivity index (χ0v) is 21.4. The van der Waals surface area contributed by atoms with E-state index in [4.69, 9.17) is 4.98 Å². The molecule has 0 atom stereocenters. The quantitative estimate of drug-likeness (QED) is 0.326. The predicted molar refractivity (Wildman–Crippen MR) is 152 cm³/mol. The molecule has 0 aliphatic heterocycles. The molecule has 39 heavy (non-hydrogen) atoms. The molecule has 1 amide bonds. The smallest absolute Gasteiger partial charge is 0.255 e. The molecular formula is C32H24N4O3. The van der Waals surface area contributed by atoms with Gasteiger partial charge in [0.15, 0.2) is 17.4 Å². The maximum absolute atomic E-state index is 13.5. The molecule has 1 aromatic heterocycles. The monoisotopic (exact) mass is 512 g/mol. The first-order chi connectivity index (χ1) is 18.9. The highest BCUT2D eigenvalue weighted by molar-refractivity contribution is 6.31. The minimum atomic E-state index is -0.297. The SMILES string of the molecule is CN(C)c1ccc(/C=C(/NC(=O)c2ccccc2)c2nc3c4c(ccc3[nH]2)C(=O)c2ccccc2C4=O)cc1. The largest absolute Gasteiger partial charge is 0.378 e. The van der Waals surface area contributed by atoms with Crippen molar-refractivity contribution in [3.8, 4) is 0 Å².